The van der Waals surface area contributed by atoms with Crippen LogP contribution in [0.1, 0.15) is 35.4 Å². The van der Waals surface area contributed by atoms with E-state index in [1.54, 1.807) is 6.92 Å². The molecule has 0 unspecified atom stereocenters. The predicted octanol–water partition coefficient (Wildman–Crippen LogP) is 1.94. The van der Waals surface area contributed by atoms with Crippen molar-refractivity contribution in [2.75, 3.05) is 0 Å². The van der Waals surface area contributed by atoms with E-state index < -0.39 is 0 Å². The van der Waals surface area contributed by atoms with E-state index in [0.717, 1.165) is 29.7 Å². The lowest BCUT2D eigenvalue weighted by atomic mass is 10.1. The third-order valence-electron chi connectivity index (χ3n) is 3.09. The van der Waals surface area contributed by atoms with Gasteiger partial charge in [-0.25, -0.2) is 0 Å². The van der Waals surface area contributed by atoms with E-state index in [-0.39, 0.29) is 12.7 Å². The van der Waals surface area contributed by atoms with Gasteiger partial charge in [0, 0.05) is 0 Å². The first-order chi connectivity index (χ1) is 8.72. The number of aliphatic hydroxyl groups excluding tert-OH is 1. The van der Waals surface area contributed by atoms with Crippen molar-refractivity contribution in [3.05, 3.63) is 41.0 Å². The van der Waals surface area contributed by atoms with Gasteiger partial charge in [-0.05, 0) is 43.0 Å². The Morgan fingerprint density at radius 1 is 1.50 bits per heavy atom. The van der Waals surface area contributed by atoms with Crippen molar-refractivity contribution in [3.63, 3.8) is 0 Å². The normalized spacial score (nSPS) is 17.8. The van der Waals surface area contributed by atoms with Crippen LogP contribution in [0.25, 0.3) is 0 Å². The van der Waals surface area contributed by atoms with Crippen LogP contribution in [0.3, 0.4) is 0 Å². The van der Waals surface area contributed by atoms with Crippen LogP contribution in [0.5, 0.6) is 5.75 Å². The molecule has 0 amide bonds. The molecule has 1 heterocycles. The topological polar surface area (TPSA) is 68.4 Å². The van der Waals surface area contributed by atoms with Crippen molar-refractivity contribution < 1.29 is 14.4 Å². The Morgan fingerprint density at radius 3 is 3.17 bits per heavy atom. The zero-order valence-corrected chi connectivity index (χ0v) is 10.1. The third-order valence-corrected chi connectivity index (χ3v) is 3.09. The molecule has 0 bridgehead atoms. The number of hydrogen-bond acceptors (Lipinski definition) is 5. The van der Waals surface area contributed by atoms with E-state index in [1.807, 2.05) is 18.2 Å². The summed E-state index contributed by atoms with van der Waals surface area (Å²) in [5, 5.41) is 13.4. The maximum absolute atomic E-state index is 9.71. The lowest BCUT2D eigenvalue weighted by Crippen LogP contribution is -1.97. The van der Waals surface area contributed by atoms with Crippen molar-refractivity contribution in [1.29, 1.82) is 0 Å². The smallest absolute Gasteiger partial charge is 0.264 e. The monoisotopic (exact) mass is 246 g/mol. The molecule has 1 N–H and O–H groups in total. The number of fused-ring (bicyclic) bond motifs is 1. The van der Waals surface area contributed by atoms with E-state index >= 15 is 0 Å². The average Bonchev–Trinajstić information content (AvgIpc) is 2.94. The van der Waals surface area contributed by atoms with Gasteiger partial charge in [-0.3, -0.25) is 0 Å². The number of ether oxygens (including phenoxy) is 1. The van der Waals surface area contributed by atoms with Gasteiger partial charge >= 0.3 is 0 Å². The van der Waals surface area contributed by atoms with Crippen molar-refractivity contribution in [1.82, 2.24) is 10.1 Å². The van der Waals surface area contributed by atoms with Crippen molar-refractivity contribution in [2.24, 2.45) is 0 Å². The van der Waals surface area contributed by atoms with Crippen LogP contribution in [0.15, 0.2) is 22.7 Å². The van der Waals surface area contributed by atoms with Gasteiger partial charge in [0.05, 0.1) is 6.10 Å². The van der Waals surface area contributed by atoms with E-state index in [1.165, 1.54) is 0 Å². The van der Waals surface area contributed by atoms with Gasteiger partial charge in [0.1, 0.15) is 5.75 Å². The minimum absolute atomic E-state index is 0.266. The van der Waals surface area contributed by atoms with E-state index in [9.17, 15) is 5.11 Å². The highest BCUT2D eigenvalue weighted by Crippen LogP contribution is 2.33. The quantitative estimate of drug-likeness (QED) is 0.896. The molecule has 94 valence electrons. The molecule has 0 fully saturated rings. The largest absolute Gasteiger partial charge is 0.484 e. The number of aryl methyl sites for hydroxylation is 2. The minimum atomic E-state index is -0.326. The first-order valence-electron chi connectivity index (χ1n) is 5.95. The van der Waals surface area contributed by atoms with E-state index in [2.05, 4.69) is 10.1 Å². The second-order valence-corrected chi connectivity index (χ2v) is 4.44. The summed E-state index contributed by atoms with van der Waals surface area (Å²) in [7, 11) is 0. The van der Waals surface area contributed by atoms with Gasteiger partial charge in [-0.1, -0.05) is 11.2 Å². The summed E-state index contributed by atoms with van der Waals surface area (Å²) < 4.78 is 10.6. The van der Waals surface area contributed by atoms with Crippen LogP contribution in [0.2, 0.25) is 0 Å². The molecular formula is C13H14N2O3. The Bertz CT molecular complexity index is 565. The lowest BCUT2D eigenvalue weighted by molar-refractivity contribution is 0.180. The highest BCUT2D eigenvalue weighted by atomic mass is 16.5. The maximum Gasteiger partial charge on any atom is 0.264 e. The number of rotatable bonds is 3. The molecule has 0 radical (unpaired) electrons. The maximum atomic E-state index is 9.71. The Balaban J connectivity index is 1.70. The van der Waals surface area contributed by atoms with Gasteiger partial charge in [0.2, 0.25) is 0 Å². The number of aliphatic hydroxyl groups is 1. The molecule has 1 aromatic heterocycles. The molecule has 0 spiro atoms. The first kappa shape index (κ1) is 11.2. The summed E-state index contributed by atoms with van der Waals surface area (Å²) in [5.41, 5.74) is 2.16. The summed E-state index contributed by atoms with van der Waals surface area (Å²) in [6, 6.07) is 5.74. The standard InChI is InChI=1S/C13H14N2O3/c1-8-14-13(18-15-8)7-17-10-3-4-11-9(6-10)2-5-12(11)16/h3-4,6,12,16H,2,5,7H2,1H3/t12-/m0/s1. The van der Waals surface area contributed by atoms with Crippen molar-refractivity contribution in [2.45, 2.75) is 32.5 Å². The summed E-state index contributed by atoms with van der Waals surface area (Å²) >= 11 is 0. The third kappa shape index (κ3) is 2.09. The summed E-state index contributed by atoms with van der Waals surface area (Å²) in [5.74, 6) is 1.83. The highest BCUT2D eigenvalue weighted by Gasteiger charge is 2.20. The SMILES string of the molecule is Cc1noc(COc2ccc3c(c2)CC[C@@H]3O)n1. The molecule has 1 aliphatic rings. The number of benzene rings is 1. The Morgan fingerprint density at radius 2 is 2.39 bits per heavy atom. The Labute approximate surface area is 104 Å². The molecule has 18 heavy (non-hydrogen) atoms. The van der Waals surface area contributed by atoms with Crippen LogP contribution in [0, 0.1) is 6.92 Å². The number of hydrogen-bond donors (Lipinski definition) is 1. The van der Waals surface area contributed by atoms with E-state index in [4.69, 9.17) is 9.26 Å². The molecule has 1 atom stereocenters. The summed E-state index contributed by atoms with van der Waals surface area (Å²) in [6.07, 6.45) is 1.36. The summed E-state index contributed by atoms with van der Waals surface area (Å²) in [6.45, 7) is 2.03. The second-order valence-electron chi connectivity index (χ2n) is 4.44. The molecule has 0 saturated heterocycles. The van der Waals surface area contributed by atoms with Gasteiger partial charge in [-0.2, -0.15) is 4.98 Å². The minimum Gasteiger partial charge on any atom is -0.484 e. The molecule has 1 aromatic carbocycles. The zero-order valence-electron chi connectivity index (χ0n) is 10.1. The van der Waals surface area contributed by atoms with Gasteiger partial charge in [-0.15, -0.1) is 0 Å². The van der Waals surface area contributed by atoms with Crippen LogP contribution in [-0.4, -0.2) is 15.2 Å². The Kier molecular flexibility index (Phi) is 2.76. The molecular weight excluding hydrogens is 232 g/mol. The predicted molar refractivity (Wildman–Crippen MR) is 63.1 cm³/mol. The first-order valence-corrected chi connectivity index (χ1v) is 5.95. The lowest BCUT2D eigenvalue weighted by Gasteiger charge is -2.07. The fourth-order valence-corrected chi connectivity index (χ4v) is 2.20. The molecule has 1 aliphatic carbocycles. The number of aromatic nitrogens is 2. The number of nitrogens with zero attached hydrogens (tertiary/aromatic N) is 2. The van der Waals surface area contributed by atoms with Gasteiger partial charge in [0.15, 0.2) is 12.4 Å². The molecule has 3 rings (SSSR count). The van der Waals surface area contributed by atoms with Gasteiger partial charge in [0.25, 0.3) is 5.89 Å². The van der Waals surface area contributed by atoms with Crippen molar-refractivity contribution in [3.8, 4) is 5.75 Å². The zero-order chi connectivity index (χ0) is 12.5. The second kappa shape index (κ2) is 4.42. The fourth-order valence-electron chi connectivity index (χ4n) is 2.20. The highest BCUT2D eigenvalue weighted by molar-refractivity contribution is 5.39. The molecule has 0 saturated carbocycles. The molecule has 2 aromatic rings. The molecule has 5 heteroatoms. The Hall–Kier alpha value is -1.88. The summed E-state index contributed by atoms with van der Waals surface area (Å²) in [4.78, 5) is 4.07. The van der Waals surface area contributed by atoms with Crippen LogP contribution in [0.4, 0.5) is 0 Å². The average molecular weight is 246 g/mol. The van der Waals surface area contributed by atoms with Crippen LogP contribution in [-0.2, 0) is 13.0 Å². The van der Waals surface area contributed by atoms with Crippen LogP contribution < -0.4 is 4.74 Å². The molecule has 0 aliphatic heterocycles. The van der Waals surface area contributed by atoms with Crippen molar-refractivity contribution >= 4 is 0 Å². The molecule has 5 nitrogen and oxygen atoms in total. The van der Waals surface area contributed by atoms with E-state index in [0.29, 0.717) is 11.7 Å². The fraction of sp³-hybridized carbons (Fsp3) is 0.385. The van der Waals surface area contributed by atoms with Gasteiger partial charge < -0.3 is 14.4 Å². The van der Waals surface area contributed by atoms with Crippen LogP contribution >= 0.6 is 0 Å².